The predicted octanol–water partition coefficient (Wildman–Crippen LogP) is -0.240. The van der Waals surface area contributed by atoms with Crippen molar-refractivity contribution in [3.8, 4) is 12.3 Å². The zero-order valence-corrected chi connectivity index (χ0v) is 5.31. The molecule has 0 spiro atoms. The molecular weight excluding hydrogens is 100 g/mol. The summed E-state index contributed by atoms with van der Waals surface area (Å²) in [6.07, 6.45) is 5.01. The Morgan fingerprint density at radius 3 is 2.38 bits per heavy atom. The smallest absolute Gasteiger partial charge is 0.0682 e. The first-order valence-corrected chi connectivity index (χ1v) is 2.61. The van der Waals surface area contributed by atoms with Crippen LogP contribution >= 0.6 is 0 Å². The Hall–Kier alpha value is -0.520. The van der Waals surface area contributed by atoms with Crippen molar-refractivity contribution in [2.24, 2.45) is 11.7 Å². The van der Waals surface area contributed by atoms with E-state index in [2.05, 4.69) is 11.2 Å². The van der Waals surface area contributed by atoms with Crippen molar-refractivity contribution in [2.45, 2.75) is 13.1 Å². The molecule has 0 bridgehead atoms. The number of nitrogens with two attached hydrogens (primary N) is 1. The molecule has 0 radical (unpaired) electrons. The summed E-state index contributed by atoms with van der Waals surface area (Å²) < 4.78 is 0. The van der Waals surface area contributed by atoms with E-state index < -0.39 is 0 Å². The van der Waals surface area contributed by atoms with Gasteiger partial charge in [0.15, 0.2) is 0 Å². The fourth-order valence-corrected chi connectivity index (χ4v) is 0.354. The van der Waals surface area contributed by atoms with Crippen LogP contribution < -0.4 is 11.1 Å². The van der Waals surface area contributed by atoms with Crippen molar-refractivity contribution in [2.75, 3.05) is 7.05 Å². The molecular formula is C6H12N2. The summed E-state index contributed by atoms with van der Waals surface area (Å²) in [5, 5.41) is 2.85. The lowest BCUT2D eigenvalue weighted by atomic mass is 10.1. The molecule has 46 valence electrons. The highest BCUT2D eigenvalue weighted by atomic mass is 15.0. The molecule has 0 aromatic heterocycles. The van der Waals surface area contributed by atoms with Crippen LogP contribution in [0.2, 0.25) is 0 Å². The summed E-state index contributed by atoms with van der Waals surface area (Å²) in [7, 11) is 1.79. The maximum absolute atomic E-state index is 5.47. The van der Waals surface area contributed by atoms with Crippen molar-refractivity contribution < 1.29 is 0 Å². The SMILES string of the molecule is C#CC(C)C(N)NC. The van der Waals surface area contributed by atoms with Crippen LogP contribution in [0.15, 0.2) is 0 Å². The van der Waals surface area contributed by atoms with Gasteiger partial charge in [-0.3, -0.25) is 0 Å². The lowest BCUT2D eigenvalue weighted by Gasteiger charge is -2.11. The van der Waals surface area contributed by atoms with Gasteiger partial charge in [0.25, 0.3) is 0 Å². The van der Waals surface area contributed by atoms with E-state index in [4.69, 9.17) is 12.2 Å². The number of rotatable bonds is 2. The fraction of sp³-hybridized carbons (Fsp3) is 0.667. The van der Waals surface area contributed by atoms with Crippen LogP contribution in [0, 0.1) is 18.3 Å². The highest BCUT2D eigenvalue weighted by Gasteiger charge is 2.04. The van der Waals surface area contributed by atoms with Gasteiger partial charge in [-0.2, -0.15) is 0 Å². The van der Waals surface area contributed by atoms with Gasteiger partial charge in [-0.05, 0) is 14.0 Å². The zero-order valence-electron chi connectivity index (χ0n) is 5.31. The highest BCUT2D eigenvalue weighted by molar-refractivity contribution is 4.94. The van der Waals surface area contributed by atoms with E-state index in [1.807, 2.05) is 6.92 Å². The summed E-state index contributed by atoms with van der Waals surface area (Å²) in [5.41, 5.74) is 5.47. The lowest BCUT2D eigenvalue weighted by Crippen LogP contribution is -2.39. The largest absolute Gasteiger partial charge is 0.315 e. The van der Waals surface area contributed by atoms with Crippen LogP contribution in [0.4, 0.5) is 0 Å². The van der Waals surface area contributed by atoms with E-state index in [0.717, 1.165) is 0 Å². The molecule has 0 saturated carbocycles. The third-order valence-corrected chi connectivity index (χ3v) is 1.13. The summed E-state index contributed by atoms with van der Waals surface area (Å²) in [6.45, 7) is 1.90. The van der Waals surface area contributed by atoms with Gasteiger partial charge in [0, 0.05) is 5.92 Å². The Bertz CT molecular complexity index is 93.2. The van der Waals surface area contributed by atoms with Gasteiger partial charge in [0.05, 0.1) is 6.17 Å². The molecule has 2 heteroatoms. The fourth-order valence-electron chi connectivity index (χ4n) is 0.354. The van der Waals surface area contributed by atoms with Gasteiger partial charge in [-0.1, -0.05) is 0 Å². The summed E-state index contributed by atoms with van der Waals surface area (Å²) >= 11 is 0. The number of terminal acetylenes is 1. The lowest BCUT2D eigenvalue weighted by molar-refractivity contribution is 0.490. The molecule has 2 nitrogen and oxygen atoms in total. The van der Waals surface area contributed by atoms with Crippen molar-refractivity contribution in [1.29, 1.82) is 0 Å². The molecule has 0 amide bonds. The molecule has 0 aliphatic carbocycles. The molecule has 0 fully saturated rings. The average molecular weight is 112 g/mol. The first kappa shape index (κ1) is 7.48. The number of hydrogen-bond acceptors (Lipinski definition) is 2. The van der Waals surface area contributed by atoms with Gasteiger partial charge < -0.3 is 11.1 Å². The Labute approximate surface area is 50.5 Å². The summed E-state index contributed by atoms with van der Waals surface area (Å²) in [4.78, 5) is 0. The molecule has 0 aliphatic rings. The maximum atomic E-state index is 5.47. The monoisotopic (exact) mass is 112 g/mol. The third kappa shape index (κ3) is 1.97. The summed E-state index contributed by atoms with van der Waals surface area (Å²) in [5.74, 6) is 2.64. The normalized spacial score (nSPS) is 16.8. The molecule has 3 N–H and O–H groups in total. The third-order valence-electron chi connectivity index (χ3n) is 1.13. The molecule has 2 unspecified atom stereocenters. The quantitative estimate of drug-likeness (QED) is 0.382. The van der Waals surface area contributed by atoms with Gasteiger partial charge in [-0.25, -0.2) is 0 Å². The average Bonchev–Trinajstić information content (AvgIpc) is 1.84. The molecule has 2 atom stereocenters. The number of nitrogens with one attached hydrogen (secondary N) is 1. The number of hydrogen-bond donors (Lipinski definition) is 2. The standard InChI is InChI=1S/C6H12N2/c1-4-5(2)6(7)8-3/h1,5-6,8H,7H2,2-3H3. The molecule has 0 rings (SSSR count). The maximum Gasteiger partial charge on any atom is 0.0682 e. The van der Waals surface area contributed by atoms with Crippen molar-refractivity contribution in [3.63, 3.8) is 0 Å². The topological polar surface area (TPSA) is 38.0 Å². The molecule has 0 heterocycles. The van der Waals surface area contributed by atoms with Crippen molar-refractivity contribution in [3.05, 3.63) is 0 Å². The first-order chi connectivity index (χ1) is 3.72. The zero-order chi connectivity index (χ0) is 6.57. The van der Waals surface area contributed by atoms with Gasteiger partial charge in [0.1, 0.15) is 0 Å². The Morgan fingerprint density at radius 2 is 2.25 bits per heavy atom. The van der Waals surface area contributed by atoms with Crippen molar-refractivity contribution in [1.82, 2.24) is 5.32 Å². The minimum atomic E-state index is -0.0694. The van der Waals surface area contributed by atoms with Gasteiger partial charge in [0.2, 0.25) is 0 Å². The van der Waals surface area contributed by atoms with E-state index in [1.54, 1.807) is 7.05 Å². The van der Waals surface area contributed by atoms with E-state index in [0.29, 0.717) is 0 Å². The van der Waals surface area contributed by atoms with Crippen LogP contribution in [0.25, 0.3) is 0 Å². The van der Waals surface area contributed by atoms with Crippen LogP contribution in [-0.4, -0.2) is 13.2 Å². The van der Waals surface area contributed by atoms with E-state index in [1.165, 1.54) is 0 Å². The van der Waals surface area contributed by atoms with Gasteiger partial charge in [-0.15, -0.1) is 12.3 Å². The van der Waals surface area contributed by atoms with Crippen molar-refractivity contribution >= 4 is 0 Å². The van der Waals surface area contributed by atoms with Crippen LogP contribution in [0.3, 0.4) is 0 Å². The molecule has 0 aromatic carbocycles. The Balaban J connectivity index is 3.49. The van der Waals surface area contributed by atoms with E-state index >= 15 is 0 Å². The van der Waals surface area contributed by atoms with E-state index in [-0.39, 0.29) is 12.1 Å². The predicted molar refractivity (Wildman–Crippen MR) is 35.0 cm³/mol. The Kier molecular flexibility index (Phi) is 3.25. The van der Waals surface area contributed by atoms with E-state index in [9.17, 15) is 0 Å². The van der Waals surface area contributed by atoms with Crippen LogP contribution in [0.1, 0.15) is 6.92 Å². The second-order valence-electron chi connectivity index (χ2n) is 1.77. The minimum absolute atomic E-state index is 0.0694. The highest BCUT2D eigenvalue weighted by Crippen LogP contribution is 1.91. The van der Waals surface area contributed by atoms with Crippen LogP contribution in [-0.2, 0) is 0 Å². The minimum Gasteiger partial charge on any atom is -0.315 e. The molecule has 0 aromatic rings. The van der Waals surface area contributed by atoms with Crippen LogP contribution in [0.5, 0.6) is 0 Å². The molecule has 0 aliphatic heterocycles. The van der Waals surface area contributed by atoms with Gasteiger partial charge >= 0.3 is 0 Å². The molecule has 8 heavy (non-hydrogen) atoms. The second-order valence-corrected chi connectivity index (χ2v) is 1.77. The first-order valence-electron chi connectivity index (χ1n) is 2.61. The summed E-state index contributed by atoms with van der Waals surface area (Å²) in [6, 6.07) is 0. The Morgan fingerprint density at radius 1 is 1.75 bits per heavy atom. The second kappa shape index (κ2) is 3.48. The molecule has 0 saturated heterocycles.